The number of rotatable bonds is 9. The van der Waals surface area contributed by atoms with Crippen LogP contribution in [0.15, 0.2) is 48.5 Å². The van der Waals surface area contributed by atoms with Crippen molar-refractivity contribution in [2.75, 3.05) is 24.5 Å². The van der Waals surface area contributed by atoms with Gasteiger partial charge in [0.25, 0.3) is 0 Å². The summed E-state index contributed by atoms with van der Waals surface area (Å²) in [6.45, 7) is 17.4. The van der Waals surface area contributed by atoms with Gasteiger partial charge in [-0.25, -0.2) is 0 Å². The van der Waals surface area contributed by atoms with Gasteiger partial charge in [0.1, 0.15) is 5.75 Å². The number of nitrogens with zero attached hydrogens (tertiary/aromatic N) is 3. The van der Waals surface area contributed by atoms with Crippen molar-refractivity contribution >= 4 is 14.0 Å². The lowest BCUT2D eigenvalue weighted by molar-refractivity contribution is 0.154. The Morgan fingerprint density at radius 3 is 2.37 bits per heavy atom. The van der Waals surface area contributed by atoms with E-state index in [1.807, 2.05) is 18.2 Å². The van der Waals surface area contributed by atoms with Gasteiger partial charge in [-0.1, -0.05) is 32.9 Å². The summed E-state index contributed by atoms with van der Waals surface area (Å²) in [6.07, 6.45) is 3.29. The van der Waals surface area contributed by atoms with Crippen LogP contribution >= 0.6 is 0 Å². The summed E-state index contributed by atoms with van der Waals surface area (Å²) in [5.41, 5.74) is 8.90. The van der Waals surface area contributed by atoms with Crippen LogP contribution in [0.4, 0.5) is 5.69 Å². The fraction of sp³-hybridized carbons (Fsp3) is 0.552. The fourth-order valence-corrected chi connectivity index (χ4v) is 5.61. The van der Waals surface area contributed by atoms with Gasteiger partial charge in [-0.3, -0.25) is 0 Å². The molecule has 0 saturated carbocycles. The quantitative estimate of drug-likeness (QED) is 0.425. The molecule has 1 atom stereocenters. The first-order valence-electron chi connectivity index (χ1n) is 13.0. The Kier molecular flexibility index (Phi) is 9.03. The van der Waals surface area contributed by atoms with Crippen LogP contribution in [0.5, 0.6) is 5.75 Å². The molecule has 0 spiro atoms. The highest BCUT2D eigenvalue weighted by molar-refractivity contribution is 6.74. The van der Waals surface area contributed by atoms with Crippen molar-refractivity contribution in [3.8, 4) is 11.8 Å². The highest BCUT2D eigenvalue weighted by atomic mass is 28.4. The van der Waals surface area contributed by atoms with Crippen LogP contribution in [0.3, 0.4) is 0 Å². The summed E-state index contributed by atoms with van der Waals surface area (Å²) in [4.78, 5) is 5.10. The first-order chi connectivity index (χ1) is 16.5. The van der Waals surface area contributed by atoms with Gasteiger partial charge in [-0.2, -0.15) is 5.26 Å². The van der Waals surface area contributed by atoms with Crippen molar-refractivity contribution in [1.29, 1.82) is 5.26 Å². The van der Waals surface area contributed by atoms with Gasteiger partial charge in [-0.15, -0.1) is 0 Å². The number of piperidine rings is 1. The second-order valence-corrected chi connectivity index (χ2v) is 16.2. The molecular weight excluding hydrogens is 448 g/mol. The molecule has 2 N–H and O–H groups in total. The SMILES string of the molecule is CC(CCN)N1CCC(N(Cc2cccc(C#N)c2)c2ccc(O[Si](C)(C)C(C)(C)C)cc2)CC1. The summed E-state index contributed by atoms with van der Waals surface area (Å²) in [6, 6.07) is 20.0. The third kappa shape index (κ3) is 7.10. The highest BCUT2D eigenvalue weighted by Crippen LogP contribution is 2.38. The molecule has 35 heavy (non-hydrogen) atoms. The highest BCUT2D eigenvalue weighted by Gasteiger charge is 2.39. The summed E-state index contributed by atoms with van der Waals surface area (Å²) < 4.78 is 6.53. The molecular formula is C29H44N4OSi. The van der Waals surface area contributed by atoms with Crippen molar-refractivity contribution in [2.24, 2.45) is 5.73 Å². The molecule has 190 valence electrons. The first-order valence-corrected chi connectivity index (χ1v) is 15.9. The van der Waals surface area contributed by atoms with E-state index in [-0.39, 0.29) is 5.04 Å². The van der Waals surface area contributed by atoms with Crippen molar-refractivity contribution < 1.29 is 4.43 Å². The zero-order valence-electron chi connectivity index (χ0n) is 22.6. The lowest BCUT2D eigenvalue weighted by Crippen LogP contribution is -2.47. The number of nitriles is 1. The maximum atomic E-state index is 9.38. The molecule has 0 aliphatic carbocycles. The van der Waals surface area contributed by atoms with Gasteiger partial charge in [-0.05, 0) is 92.8 Å². The first kappa shape index (κ1) is 27.3. The molecule has 0 bridgehead atoms. The van der Waals surface area contributed by atoms with E-state index in [0.717, 1.165) is 51.2 Å². The summed E-state index contributed by atoms with van der Waals surface area (Å²) in [5, 5.41) is 9.54. The lowest BCUT2D eigenvalue weighted by atomic mass is 9.99. The zero-order chi connectivity index (χ0) is 25.6. The number of nitrogens with two attached hydrogens (primary N) is 1. The molecule has 0 aromatic heterocycles. The summed E-state index contributed by atoms with van der Waals surface area (Å²) in [5.74, 6) is 0.956. The van der Waals surface area contributed by atoms with Crippen LogP contribution < -0.4 is 15.1 Å². The van der Waals surface area contributed by atoms with Crippen molar-refractivity contribution in [2.45, 2.75) is 83.7 Å². The molecule has 2 aromatic carbocycles. The Hall–Kier alpha value is -2.33. The average Bonchev–Trinajstić information content (AvgIpc) is 2.83. The molecule has 1 aliphatic rings. The van der Waals surface area contributed by atoms with E-state index in [9.17, 15) is 5.26 Å². The molecule has 0 radical (unpaired) electrons. The third-order valence-corrected chi connectivity index (χ3v) is 12.3. The summed E-state index contributed by atoms with van der Waals surface area (Å²) >= 11 is 0. The Bertz CT molecular complexity index is 985. The lowest BCUT2D eigenvalue weighted by Gasteiger charge is -2.42. The minimum atomic E-state index is -1.88. The van der Waals surface area contributed by atoms with Crippen LogP contribution in [0.2, 0.25) is 18.1 Å². The maximum absolute atomic E-state index is 9.38. The molecule has 1 saturated heterocycles. The zero-order valence-corrected chi connectivity index (χ0v) is 23.6. The van der Waals surface area contributed by atoms with Gasteiger partial charge in [0.15, 0.2) is 0 Å². The molecule has 1 unspecified atom stereocenters. The predicted molar refractivity (Wildman–Crippen MR) is 149 cm³/mol. The molecule has 1 heterocycles. The molecule has 1 aliphatic heterocycles. The second-order valence-electron chi connectivity index (χ2n) is 11.5. The van der Waals surface area contributed by atoms with E-state index >= 15 is 0 Å². The smallest absolute Gasteiger partial charge is 0.250 e. The van der Waals surface area contributed by atoms with E-state index in [0.29, 0.717) is 17.6 Å². The predicted octanol–water partition coefficient (Wildman–Crippen LogP) is 6.15. The Morgan fingerprint density at radius 1 is 1.14 bits per heavy atom. The van der Waals surface area contributed by atoms with Gasteiger partial charge < -0.3 is 20.0 Å². The topological polar surface area (TPSA) is 65.5 Å². The number of benzene rings is 2. The van der Waals surface area contributed by atoms with Crippen molar-refractivity contribution in [3.05, 3.63) is 59.7 Å². The maximum Gasteiger partial charge on any atom is 0.250 e. The van der Waals surface area contributed by atoms with E-state index in [4.69, 9.17) is 10.2 Å². The second kappa shape index (κ2) is 11.6. The monoisotopic (exact) mass is 492 g/mol. The number of hydrogen-bond acceptors (Lipinski definition) is 5. The summed E-state index contributed by atoms with van der Waals surface area (Å²) in [7, 11) is -1.88. The van der Waals surface area contributed by atoms with Crippen molar-refractivity contribution in [1.82, 2.24) is 4.90 Å². The largest absolute Gasteiger partial charge is 0.544 e. The molecule has 1 fully saturated rings. The molecule has 5 nitrogen and oxygen atoms in total. The molecule has 3 rings (SSSR count). The van der Waals surface area contributed by atoms with E-state index in [1.54, 1.807) is 0 Å². The van der Waals surface area contributed by atoms with E-state index in [1.165, 1.54) is 11.3 Å². The van der Waals surface area contributed by atoms with Gasteiger partial charge in [0, 0.05) is 37.4 Å². The number of hydrogen-bond donors (Lipinski definition) is 1. The Balaban J connectivity index is 1.81. The van der Waals surface area contributed by atoms with Crippen LogP contribution in [-0.4, -0.2) is 44.9 Å². The normalized spacial score (nSPS) is 16.5. The standard InChI is InChI=1S/C29H44N4OSi/c1-23(14-17-30)32-18-15-27(16-19-32)33(22-25-9-7-8-24(20-25)21-31)26-10-12-28(13-11-26)34-35(5,6)29(2,3)4/h7-13,20,23,27H,14-19,22,30H2,1-6H3. The third-order valence-electron chi connectivity index (χ3n) is 7.90. The Labute approximate surface area is 214 Å². The average molecular weight is 493 g/mol. The van der Waals surface area contributed by atoms with E-state index < -0.39 is 8.32 Å². The van der Waals surface area contributed by atoms with Crippen molar-refractivity contribution in [3.63, 3.8) is 0 Å². The minimum Gasteiger partial charge on any atom is -0.544 e. The minimum absolute atomic E-state index is 0.165. The van der Waals surface area contributed by atoms with Gasteiger partial charge >= 0.3 is 0 Å². The van der Waals surface area contributed by atoms with Gasteiger partial charge in [0.2, 0.25) is 8.32 Å². The molecule has 6 heteroatoms. The van der Waals surface area contributed by atoms with E-state index in [2.05, 4.69) is 87.0 Å². The van der Waals surface area contributed by atoms with Gasteiger partial charge in [0.05, 0.1) is 11.6 Å². The number of anilines is 1. The Morgan fingerprint density at radius 2 is 1.80 bits per heavy atom. The van der Waals surface area contributed by atoms with Crippen LogP contribution in [0.25, 0.3) is 0 Å². The number of likely N-dealkylation sites (tertiary alicyclic amines) is 1. The molecule has 2 aromatic rings. The fourth-order valence-electron chi connectivity index (χ4n) is 4.58. The van der Waals surface area contributed by atoms with Crippen LogP contribution in [0.1, 0.15) is 58.1 Å². The van der Waals surface area contributed by atoms with Crippen LogP contribution in [-0.2, 0) is 6.54 Å². The van der Waals surface area contributed by atoms with Crippen LogP contribution in [0, 0.1) is 11.3 Å². The molecule has 0 amide bonds.